The molecule has 42 heavy (non-hydrogen) atoms. The number of hydrazine groups is 1. The zero-order valence-electron chi connectivity index (χ0n) is 23.4. The number of hydrogen-bond acceptors (Lipinski definition) is 8. The number of benzene rings is 3. The lowest BCUT2D eigenvalue weighted by Gasteiger charge is -2.29. The quantitative estimate of drug-likeness (QED) is 0.208. The maximum atomic E-state index is 13.7. The topological polar surface area (TPSA) is 86.5 Å². The van der Waals surface area contributed by atoms with Crippen LogP contribution in [0.3, 0.4) is 0 Å². The molecule has 7 rings (SSSR count). The first-order chi connectivity index (χ1) is 20.4. The summed E-state index contributed by atoms with van der Waals surface area (Å²) in [5.74, 6) is 2.18. The van der Waals surface area contributed by atoms with E-state index in [9.17, 15) is 8.96 Å². The van der Waals surface area contributed by atoms with Crippen molar-refractivity contribution in [1.82, 2.24) is 20.3 Å². The maximum Gasteiger partial charge on any atom is 0.141 e. The molecule has 0 radical (unpaired) electrons. The molecule has 0 amide bonds. The standard InChI is InChI=1S/C32H32FN6O2P/c1-42(40)13-11-38(12-14-42)20-27-7-10-31(41-27)23-5-8-29-28(17-23)32(35-21-34-29)37-26-6-9-30-24(16-26)18-36-39(30)19-22-3-2-4-25(33)15-22/h2-10,15-17,21,36H,11-14,18-20H2,1H3,(H,34,35,37). The van der Waals surface area contributed by atoms with Gasteiger partial charge < -0.3 is 19.3 Å². The van der Waals surface area contributed by atoms with E-state index in [-0.39, 0.29) is 5.82 Å². The minimum Gasteiger partial charge on any atom is -0.460 e. The molecular formula is C32H32FN6O2P. The highest BCUT2D eigenvalue weighted by Crippen LogP contribution is 2.43. The average Bonchev–Trinajstić information content (AvgIpc) is 3.61. The van der Waals surface area contributed by atoms with E-state index in [1.165, 1.54) is 6.07 Å². The summed E-state index contributed by atoms with van der Waals surface area (Å²) in [7, 11) is -1.95. The van der Waals surface area contributed by atoms with Gasteiger partial charge in [0, 0.05) is 48.6 Å². The predicted molar refractivity (Wildman–Crippen MR) is 165 cm³/mol. The van der Waals surface area contributed by atoms with Gasteiger partial charge in [-0.05, 0) is 78.5 Å². The fourth-order valence-electron chi connectivity index (χ4n) is 5.67. The van der Waals surface area contributed by atoms with E-state index in [0.29, 0.717) is 18.9 Å². The van der Waals surface area contributed by atoms with Gasteiger partial charge >= 0.3 is 0 Å². The molecule has 2 aliphatic heterocycles. The van der Waals surface area contributed by atoms with Gasteiger partial charge in [0.25, 0.3) is 0 Å². The molecule has 2 N–H and O–H groups in total. The fourth-order valence-corrected chi connectivity index (χ4v) is 7.30. The molecule has 10 heteroatoms. The molecule has 0 spiro atoms. The Labute approximate surface area is 243 Å². The molecule has 0 aliphatic carbocycles. The Kier molecular flexibility index (Phi) is 7.02. The second-order valence-electron chi connectivity index (χ2n) is 11.3. The third-order valence-corrected chi connectivity index (χ3v) is 10.4. The number of hydrogen-bond donors (Lipinski definition) is 2. The van der Waals surface area contributed by atoms with Crippen molar-refractivity contribution >= 4 is 35.2 Å². The first-order valence-electron chi connectivity index (χ1n) is 14.2. The lowest BCUT2D eigenvalue weighted by atomic mass is 10.1. The molecule has 0 bridgehead atoms. The van der Waals surface area contributed by atoms with E-state index in [0.717, 1.165) is 82.4 Å². The molecule has 4 heterocycles. The third kappa shape index (κ3) is 5.68. The molecule has 214 valence electrons. The summed E-state index contributed by atoms with van der Waals surface area (Å²) in [4.78, 5) is 11.3. The number of furan rings is 1. The Morgan fingerprint density at radius 1 is 1.00 bits per heavy atom. The third-order valence-electron chi connectivity index (χ3n) is 8.06. The number of nitrogens with one attached hydrogen (secondary N) is 2. The van der Waals surface area contributed by atoms with Crippen LogP contribution in [-0.4, -0.2) is 46.9 Å². The summed E-state index contributed by atoms with van der Waals surface area (Å²) in [5.41, 5.74) is 9.24. The van der Waals surface area contributed by atoms with Crippen LogP contribution in [0.2, 0.25) is 0 Å². The number of nitrogens with zero attached hydrogens (tertiary/aromatic N) is 4. The van der Waals surface area contributed by atoms with Crippen molar-refractivity contribution in [2.75, 3.05) is 42.4 Å². The van der Waals surface area contributed by atoms with Gasteiger partial charge in [0.2, 0.25) is 0 Å². The van der Waals surface area contributed by atoms with Crippen LogP contribution < -0.4 is 15.8 Å². The van der Waals surface area contributed by atoms with E-state index in [2.05, 4.69) is 43.8 Å². The SMILES string of the molecule is CP1(=O)CCN(Cc2ccc(-c3ccc4ncnc(Nc5ccc6c(c5)CNN6Cc5cccc(F)c5)c4c3)o2)CC1. The fraction of sp³-hybridized carbons (Fsp3) is 0.250. The number of fused-ring (bicyclic) bond motifs is 2. The van der Waals surface area contributed by atoms with E-state index >= 15 is 0 Å². The van der Waals surface area contributed by atoms with Crippen LogP contribution in [-0.2, 0) is 24.2 Å². The van der Waals surface area contributed by atoms with Crippen LogP contribution in [0.15, 0.2) is 83.5 Å². The van der Waals surface area contributed by atoms with Gasteiger partial charge in [-0.25, -0.2) is 19.8 Å². The van der Waals surface area contributed by atoms with Crippen LogP contribution >= 0.6 is 7.14 Å². The van der Waals surface area contributed by atoms with Crippen molar-refractivity contribution < 1.29 is 13.4 Å². The van der Waals surface area contributed by atoms with E-state index in [1.807, 2.05) is 48.1 Å². The Hall–Kier alpha value is -4.04. The molecule has 2 aliphatic rings. The Balaban J connectivity index is 1.09. The summed E-state index contributed by atoms with van der Waals surface area (Å²) in [6.45, 7) is 5.57. The van der Waals surface area contributed by atoms with Gasteiger partial charge in [0.1, 0.15) is 29.5 Å². The first-order valence-corrected chi connectivity index (χ1v) is 16.7. The molecule has 3 aromatic carbocycles. The molecule has 0 atom stereocenters. The van der Waals surface area contributed by atoms with Gasteiger partial charge in [0.15, 0.2) is 0 Å². The van der Waals surface area contributed by atoms with E-state index in [1.54, 1.807) is 18.5 Å². The van der Waals surface area contributed by atoms with Gasteiger partial charge in [0.05, 0.1) is 31.4 Å². The zero-order chi connectivity index (χ0) is 28.7. The van der Waals surface area contributed by atoms with Crippen molar-refractivity contribution in [2.24, 2.45) is 0 Å². The Morgan fingerprint density at radius 2 is 1.88 bits per heavy atom. The van der Waals surface area contributed by atoms with Crippen LogP contribution in [0, 0.1) is 5.82 Å². The Morgan fingerprint density at radius 3 is 2.74 bits per heavy atom. The smallest absolute Gasteiger partial charge is 0.141 e. The van der Waals surface area contributed by atoms with E-state index < -0.39 is 7.14 Å². The summed E-state index contributed by atoms with van der Waals surface area (Å²) in [6.07, 6.45) is 3.11. The molecular weight excluding hydrogens is 550 g/mol. The summed E-state index contributed by atoms with van der Waals surface area (Å²) in [5, 5.41) is 6.43. The van der Waals surface area contributed by atoms with Crippen molar-refractivity contribution in [3.63, 3.8) is 0 Å². The lowest BCUT2D eigenvalue weighted by Crippen LogP contribution is -2.33. The highest BCUT2D eigenvalue weighted by Gasteiger charge is 2.24. The molecule has 0 unspecified atom stereocenters. The van der Waals surface area contributed by atoms with Crippen molar-refractivity contribution in [2.45, 2.75) is 19.6 Å². The predicted octanol–water partition coefficient (Wildman–Crippen LogP) is 6.61. The second kappa shape index (κ2) is 11.0. The summed E-state index contributed by atoms with van der Waals surface area (Å²) in [6, 6.07) is 23.0. The molecule has 8 nitrogen and oxygen atoms in total. The monoisotopic (exact) mass is 582 g/mol. The normalized spacial score (nSPS) is 16.6. The lowest BCUT2D eigenvalue weighted by molar-refractivity contribution is 0.263. The molecule has 0 saturated carbocycles. The van der Waals surface area contributed by atoms with Crippen LogP contribution in [0.1, 0.15) is 16.9 Å². The zero-order valence-corrected chi connectivity index (χ0v) is 24.3. The van der Waals surface area contributed by atoms with Gasteiger partial charge in [-0.3, -0.25) is 4.90 Å². The minimum absolute atomic E-state index is 0.230. The number of rotatable bonds is 7. The molecule has 1 saturated heterocycles. The Bertz CT molecular complexity index is 1810. The average molecular weight is 583 g/mol. The van der Waals surface area contributed by atoms with Gasteiger partial charge in [-0.2, -0.15) is 0 Å². The molecule has 1 fully saturated rings. The highest BCUT2D eigenvalue weighted by atomic mass is 31.2. The second-order valence-corrected chi connectivity index (χ2v) is 14.7. The maximum absolute atomic E-state index is 13.7. The summed E-state index contributed by atoms with van der Waals surface area (Å²) >= 11 is 0. The van der Waals surface area contributed by atoms with Crippen LogP contribution in [0.4, 0.5) is 21.6 Å². The van der Waals surface area contributed by atoms with Crippen LogP contribution in [0.25, 0.3) is 22.2 Å². The van der Waals surface area contributed by atoms with Crippen molar-refractivity contribution in [3.8, 4) is 11.3 Å². The largest absolute Gasteiger partial charge is 0.460 e. The minimum atomic E-state index is -1.95. The number of aromatic nitrogens is 2. The molecule has 2 aromatic heterocycles. The van der Waals surface area contributed by atoms with Crippen molar-refractivity contribution in [1.29, 1.82) is 0 Å². The van der Waals surface area contributed by atoms with Gasteiger partial charge in [-0.1, -0.05) is 12.1 Å². The molecule has 5 aromatic rings. The van der Waals surface area contributed by atoms with E-state index in [4.69, 9.17) is 4.42 Å². The summed E-state index contributed by atoms with van der Waals surface area (Å²) < 4.78 is 32.2. The highest BCUT2D eigenvalue weighted by molar-refractivity contribution is 7.63. The first kappa shape index (κ1) is 26.8. The number of halogens is 1. The van der Waals surface area contributed by atoms with Crippen LogP contribution in [0.5, 0.6) is 0 Å². The van der Waals surface area contributed by atoms with Gasteiger partial charge in [-0.15, -0.1) is 0 Å². The number of anilines is 3. The van der Waals surface area contributed by atoms with Crippen molar-refractivity contribution in [3.05, 3.63) is 102 Å².